The van der Waals surface area contributed by atoms with Crippen molar-refractivity contribution >= 4 is 18.2 Å². The molecule has 1 aromatic carbocycles. The van der Waals surface area contributed by atoms with E-state index in [-0.39, 0.29) is 11.3 Å². The average molecular weight is 440 g/mol. The summed E-state index contributed by atoms with van der Waals surface area (Å²) in [6.45, 7) is 6.09. The second-order valence-corrected chi connectivity index (χ2v) is 8.53. The van der Waals surface area contributed by atoms with E-state index in [1.54, 1.807) is 22.9 Å². The van der Waals surface area contributed by atoms with Gasteiger partial charge in [0.1, 0.15) is 0 Å². The molecule has 32 heavy (non-hydrogen) atoms. The summed E-state index contributed by atoms with van der Waals surface area (Å²) >= 11 is 0. The Morgan fingerprint density at radius 2 is 2.09 bits per heavy atom. The van der Waals surface area contributed by atoms with Gasteiger partial charge in [-0.25, -0.2) is 9.48 Å². The van der Waals surface area contributed by atoms with Crippen LogP contribution in [-0.4, -0.2) is 54.3 Å². The van der Waals surface area contributed by atoms with Gasteiger partial charge < -0.3 is 14.8 Å². The van der Waals surface area contributed by atoms with Crippen molar-refractivity contribution in [3.05, 3.63) is 46.3 Å². The third kappa shape index (κ3) is 4.07. The molecule has 0 unspecified atom stereocenters. The first-order chi connectivity index (χ1) is 15.5. The summed E-state index contributed by atoms with van der Waals surface area (Å²) in [7, 11) is 0. The molecule has 1 spiro atoms. The summed E-state index contributed by atoms with van der Waals surface area (Å²) in [4.78, 5) is 37.4. The van der Waals surface area contributed by atoms with E-state index in [9.17, 15) is 14.4 Å². The smallest absolute Gasteiger partial charge is 0.338 e. The highest BCUT2D eigenvalue weighted by molar-refractivity contribution is 5.97. The van der Waals surface area contributed by atoms with Crippen LogP contribution in [0.1, 0.15) is 75.6 Å². The highest BCUT2D eigenvalue weighted by atomic mass is 16.5. The van der Waals surface area contributed by atoms with Crippen LogP contribution in [0.2, 0.25) is 0 Å². The van der Waals surface area contributed by atoms with Crippen LogP contribution in [0.15, 0.2) is 18.2 Å². The summed E-state index contributed by atoms with van der Waals surface area (Å²) in [5.41, 5.74) is 3.14. The van der Waals surface area contributed by atoms with Gasteiger partial charge in [0.05, 0.1) is 34.8 Å². The molecule has 8 nitrogen and oxygen atoms in total. The summed E-state index contributed by atoms with van der Waals surface area (Å²) in [6, 6.07) is 4.82. The zero-order chi connectivity index (χ0) is 22.7. The minimum atomic E-state index is -0.446. The second-order valence-electron chi connectivity index (χ2n) is 8.53. The van der Waals surface area contributed by atoms with Gasteiger partial charge in [-0.3, -0.25) is 9.59 Å². The third-order valence-corrected chi connectivity index (χ3v) is 6.39. The maximum atomic E-state index is 13.1. The number of aromatic nitrogens is 2. The standard InChI is InChI=1S/C24H29N3O5/c1-3-9-32-23(30)16-5-6-17(14-28)19(12-16)27-20-13-24(7-10-31-11-8-24)15-25-22(29)21(20)18(4-2)26-27/h5-6,12,14H,3-4,7-11,13,15H2,1-2H3,(H,25,29). The van der Waals surface area contributed by atoms with E-state index in [4.69, 9.17) is 14.6 Å². The van der Waals surface area contributed by atoms with Crippen molar-refractivity contribution in [2.24, 2.45) is 5.41 Å². The lowest BCUT2D eigenvalue weighted by Gasteiger charge is -2.36. The summed E-state index contributed by atoms with van der Waals surface area (Å²) in [5, 5.41) is 7.83. The van der Waals surface area contributed by atoms with Gasteiger partial charge in [0.15, 0.2) is 6.29 Å². The van der Waals surface area contributed by atoms with Crippen LogP contribution in [-0.2, 0) is 22.3 Å². The first kappa shape index (κ1) is 22.2. The van der Waals surface area contributed by atoms with Crippen LogP contribution in [0, 0.1) is 5.41 Å². The lowest BCUT2D eigenvalue weighted by Crippen LogP contribution is -2.40. The van der Waals surface area contributed by atoms with Crippen molar-refractivity contribution < 1.29 is 23.9 Å². The van der Waals surface area contributed by atoms with Crippen molar-refractivity contribution in [1.82, 2.24) is 15.1 Å². The number of nitrogens with zero attached hydrogens (tertiary/aromatic N) is 2. The topological polar surface area (TPSA) is 99.5 Å². The number of esters is 1. The van der Waals surface area contributed by atoms with Gasteiger partial charge in [0.25, 0.3) is 5.91 Å². The van der Waals surface area contributed by atoms with Gasteiger partial charge in [-0.1, -0.05) is 13.8 Å². The van der Waals surface area contributed by atoms with Gasteiger partial charge >= 0.3 is 5.97 Å². The molecule has 1 amide bonds. The number of ether oxygens (including phenoxy) is 2. The normalized spacial score (nSPS) is 17.4. The van der Waals surface area contributed by atoms with Crippen LogP contribution in [0.25, 0.3) is 5.69 Å². The van der Waals surface area contributed by atoms with Gasteiger partial charge in [-0.2, -0.15) is 5.10 Å². The molecular weight excluding hydrogens is 410 g/mol. The number of aryl methyl sites for hydroxylation is 1. The van der Waals surface area contributed by atoms with E-state index in [2.05, 4.69) is 5.32 Å². The van der Waals surface area contributed by atoms with Crippen molar-refractivity contribution in [1.29, 1.82) is 0 Å². The Bertz CT molecular complexity index is 1040. The Morgan fingerprint density at radius 1 is 1.31 bits per heavy atom. The number of rotatable bonds is 6. The molecular formula is C24H29N3O5. The molecule has 2 aliphatic heterocycles. The minimum absolute atomic E-state index is 0.124. The number of carbonyl (C=O) groups is 3. The molecule has 0 aliphatic carbocycles. The quantitative estimate of drug-likeness (QED) is 0.549. The molecule has 1 saturated heterocycles. The van der Waals surface area contributed by atoms with Crippen LogP contribution >= 0.6 is 0 Å². The van der Waals surface area contributed by atoms with Crippen molar-refractivity contribution in [3.8, 4) is 5.69 Å². The number of nitrogens with one attached hydrogen (secondary N) is 1. The number of hydrogen-bond acceptors (Lipinski definition) is 6. The fraction of sp³-hybridized carbons (Fsp3) is 0.500. The summed E-state index contributed by atoms with van der Waals surface area (Å²) in [6.07, 6.45) is 4.36. The monoisotopic (exact) mass is 439 g/mol. The Balaban J connectivity index is 1.85. The predicted octanol–water partition coefficient (Wildman–Crippen LogP) is 2.90. The molecule has 0 bridgehead atoms. The molecule has 2 aromatic rings. The molecule has 1 fully saturated rings. The van der Waals surface area contributed by atoms with Gasteiger partial charge in [-0.05, 0) is 55.7 Å². The van der Waals surface area contributed by atoms with Crippen molar-refractivity contribution in [2.75, 3.05) is 26.4 Å². The van der Waals surface area contributed by atoms with E-state index >= 15 is 0 Å². The zero-order valence-electron chi connectivity index (χ0n) is 18.6. The lowest BCUT2D eigenvalue weighted by atomic mass is 9.76. The van der Waals surface area contributed by atoms with Gasteiger partial charge in [0, 0.05) is 25.3 Å². The lowest BCUT2D eigenvalue weighted by molar-refractivity contribution is 0.0155. The average Bonchev–Trinajstić information content (AvgIpc) is 3.12. The number of fused-ring (bicyclic) bond motifs is 1. The SMILES string of the molecule is CCCOC(=O)c1ccc(C=O)c(-n2nc(CC)c3c2CC2(CCOCC2)CNC3=O)c1. The van der Waals surface area contributed by atoms with E-state index in [1.165, 1.54) is 0 Å². The zero-order valence-corrected chi connectivity index (χ0v) is 18.6. The fourth-order valence-electron chi connectivity index (χ4n) is 4.54. The van der Waals surface area contributed by atoms with Gasteiger partial charge in [0.2, 0.25) is 0 Å². The van der Waals surface area contributed by atoms with Gasteiger partial charge in [-0.15, -0.1) is 0 Å². The van der Waals surface area contributed by atoms with Crippen LogP contribution < -0.4 is 5.32 Å². The summed E-state index contributed by atoms with van der Waals surface area (Å²) in [5.74, 6) is -0.587. The number of amides is 1. The molecule has 1 aromatic heterocycles. The number of aldehydes is 1. The molecule has 4 rings (SSSR count). The van der Waals surface area contributed by atoms with Crippen molar-refractivity contribution in [2.45, 2.75) is 46.0 Å². The molecule has 2 aliphatic rings. The largest absolute Gasteiger partial charge is 0.462 e. The number of hydrogen-bond donors (Lipinski definition) is 1. The van der Waals surface area contributed by atoms with Crippen LogP contribution in [0.4, 0.5) is 0 Å². The van der Waals surface area contributed by atoms with E-state index in [1.807, 2.05) is 13.8 Å². The number of carbonyl (C=O) groups excluding carboxylic acids is 3. The molecule has 8 heteroatoms. The van der Waals surface area contributed by atoms with Crippen LogP contribution in [0.5, 0.6) is 0 Å². The molecule has 1 N–H and O–H groups in total. The molecule has 0 radical (unpaired) electrons. The Hall–Kier alpha value is -3.00. The molecule has 0 atom stereocenters. The summed E-state index contributed by atoms with van der Waals surface area (Å²) < 4.78 is 12.5. The van der Waals surface area contributed by atoms with Crippen LogP contribution in [0.3, 0.4) is 0 Å². The Kier molecular flexibility index (Phi) is 6.41. The maximum Gasteiger partial charge on any atom is 0.338 e. The highest BCUT2D eigenvalue weighted by Crippen LogP contribution is 2.38. The third-order valence-electron chi connectivity index (χ3n) is 6.39. The first-order valence-electron chi connectivity index (χ1n) is 11.3. The second kappa shape index (κ2) is 9.24. The molecule has 0 saturated carbocycles. The van der Waals surface area contributed by atoms with E-state index in [0.717, 1.165) is 31.2 Å². The predicted molar refractivity (Wildman–Crippen MR) is 117 cm³/mol. The van der Waals surface area contributed by atoms with E-state index < -0.39 is 5.97 Å². The first-order valence-corrected chi connectivity index (χ1v) is 11.3. The number of benzene rings is 1. The Morgan fingerprint density at radius 3 is 2.78 bits per heavy atom. The fourth-order valence-corrected chi connectivity index (χ4v) is 4.54. The Labute approximate surface area is 187 Å². The highest BCUT2D eigenvalue weighted by Gasteiger charge is 2.40. The molecule has 3 heterocycles. The maximum absolute atomic E-state index is 13.1. The van der Waals surface area contributed by atoms with Crippen molar-refractivity contribution in [3.63, 3.8) is 0 Å². The van der Waals surface area contributed by atoms with E-state index in [0.29, 0.717) is 67.3 Å². The molecule has 170 valence electrons. The minimum Gasteiger partial charge on any atom is -0.462 e.